The van der Waals surface area contributed by atoms with E-state index in [1.165, 1.54) is 17.5 Å². The van der Waals surface area contributed by atoms with Gasteiger partial charge in [0.15, 0.2) is 10.7 Å². The molecule has 16 heavy (non-hydrogen) atoms. The average Bonchev–Trinajstić information content (AvgIpc) is 2.73. The first-order chi connectivity index (χ1) is 7.65. The highest BCUT2D eigenvalue weighted by atomic mass is 35.5. The third kappa shape index (κ3) is 1.29. The molecule has 4 nitrogen and oxygen atoms in total. The number of benzene rings is 1. The third-order valence-corrected chi connectivity index (χ3v) is 3.53. The summed E-state index contributed by atoms with van der Waals surface area (Å²) in [6.07, 6.45) is 1.52. The SMILES string of the molecule is O=C(O)c1cn2c(n1)sc1cc(Cl)ccc12. The molecule has 2 aromatic heterocycles. The molecule has 0 aliphatic rings. The number of halogens is 1. The quantitative estimate of drug-likeness (QED) is 0.725. The fourth-order valence-electron chi connectivity index (χ4n) is 1.58. The topological polar surface area (TPSA) is 54.6 Å². The lowest BCUT2D eigenvalue weighted by Gasteiger charge is -1.91. The molecule has 0 aliphatic heterocycles. The van der Waals surface area contributed by atoms with Crippen molar-refractivity contribution < 1.29 is 9.90 Å². The van der Waals surface area contributed by atoms with Crippen LogP contribution in [-0.4, -0.2) is 20.5 Å². The van der Waals surface area contributed by atoms with Gasteiger partial charge in [-0.05, 0) is 18.2 Å². The first kappa shape index (κ1) is 9.62. The molecule has 0 fully saturated rings. The van der Waals surface area contributed by atoms with Gasteiger partial charge in [-0.3, -0.25) is 4.40 Å². The summed E-state index contributed by atoms with van der Waals surface area (Å²) >= 11 is 7.30. The maximum Gasteiger partial charge on any atom is 0.356 e. The number of carbonyl (C=O) groups is 1. The molecular weight excluding hydrogens is 248 g/mol. The molecule has 80 valence electrons. The monoisotopic (exact) mass is 252 g/mol. The number of rotatable bonds is 1. The number of hydrogen-bond donors (Lipinski definition) is 1. The van der Waals surface area contributed by atoms with Crippen molar-refractivity contribution in [1.82, 2.24) is 9.38 Å². The standard InChI is InChI=1S/C10H5ClN2O2S/c11-5-1-2-7-8(3-5)16-10-12-6(9(14)15)4-13(7)10/h1-4H,(H,14,15). The molecule has 0 bridgehead atoms. The van der Waals surface area contributed by atoms with Crippen molar-refractivity contribution in [3.05, 3.63) is 35.1 Å². The van der Waals surface area contributed by atoms with E-state index in [9.17, 15) is 4.79 Å². The molecule has 0 spiro atoms. The highest BCUT2D eigenvalue weighted by Crippen LogP contribution is 2.28. The number of carboxylic acids is 1. The fraction of sp³-hybridized carbons (Fsp3) is 0. The second-order valence-electron chi connectivity index (χ2n) is 3.30. The number of aromatic carboxylic acids is 1. The van der Waals surface area contributed by atoms with Gasteiger partial charge in [0.25, 0.3) is 0 Å². The lowest BCUT2D eigenvalue weighted by molar-refractivity contribution is 0.0691. The van der Waals surface area contributed by atoms with E-state index in [1.54, 1.807) is 10.5 Å². The van der Waals surface area contributed by atoms with Gasteiger partial charge in [-0.15, -0.1) is 0 Å². The van der Waals surface area contributed by atoms with Crippen molar-refractivity contribution in [3.8, 4) is 0 Å². The zero-order chi connectivity index (χ0) is 11.3. The van der Waals surface area contributed by atoms with Crippen molar-refractivity contribution in [1.29, 1.82) is 0 Å². The van der Waals surface area contributed by atoms with Crippen molar-refractivity contribution in [2.75, 3.05) is 0 Å². The molecule has 3 rings (SSSR count). The minimum absolute atomic E-state index is 0.0584. The first-order valence-electron chi connectivity index (χ1n) is 4.45. The minimum Gasteiger partial charge on any atom is -0.476 e. The Morgan fingerprint density at radius 2 is 2.31 bits per heavy atom. The van der Waals surface area contributed by atoms with Crippen LogP contribution in [0.5, 0.6) is 0 Å². The number of imidazole rings is 1. The molecule has 3 aromatic rings. The van der Waals surface area contributed by atoms with Crippen LogP contribution in [0.25, 0.3) is 15.2 Å². The van der Waals surface area contributed by atoms with Crippen LogP contribution in [-0.2, 0) is 0 Å². The smallest absolute Gasteiger partial charge is 0.356 e. The summed E-state index contributed by atoms with van der Waals surface area (Å²) < 4.78 is 2.76. The molecule has 0 unspecified atom stereocenters. The Morgan fingerprint density at radius 1 is 1.50 bits per heavy atom. The number of thiazole rings is 1. The number of nitrogens with zero attached hydrogens (tertiary/aromatic N) is 2. The van der Waals surface area contributed by atoms with E-state index in [0.29, 0.717) is 9.98 Å². The predicted molar refractivity (Wildman–Crippen MR) is 62.5 cm³/mol. The van der Waals surface area contributed by atoms with E-state index in [1.807, 2.05) is 12.1 Å². The Labute approximate surface area is 98.7 Å². The van der Waals surface area contributed by atoms with Gasteiger partial charge in [-0.1, -0.05) is 22.9 Å². The highest BCUT2D eigenvalue weighted by molar-refractivity contribution is 7.23. The molecule has 0 amide bonds. The van der Waals surface area contributed by atoms with Gasteiger partial charge in [-0.25, -0.2) is 9.78 Å². The maximum absolute atomic E-state index is 10.8. The average molecular weight is 253 g/mol. The van der Waals surface area contributed by atoms with E-state index in [4.69, 9.17) is 16.7 Å². The Bertz CT molecular complexity index is 716. The van der Waals surface area contributed by atoms with E-state index >= 15 is 0 Å². The van der Waals surface area contributed by atoms with E-state index in [2.05, 4.69) is 4.98 Å². The second-order valence-corrected chi connectivity index (χ2v) is 4.74. The summed E-state index contributed by atoms with van der Waals surface area (Å²) in [6.45, 7) is 0. The lowest BCUT2D eigenvalue weighted by atomic mass is 10.3. The minimum atomic E-state index is -1.02. The van der Waals surface area contributed by atoms with Crippen molar-refractivity contribution in [2.45, 2.75) is 0 Å². The summed E-state index contributed by atoms with van der Waals surface area (Å²) in [6, 6.07) is 5.47. The van der Waals surface area contributed by atoms with Crippen LogP contribution in [0.3, 0.4) is 0 Å². The zero-order valence-electron chi connectivity index (χ0n) is 7.85. The van der Waals surface area contributed by atoms with Gasteiger partial charge in [0.1, 0.15) is 0 Å². The number of fused-ring (bicyclic) bond motifs is 3. The van der Waals surface area contributed by atoms with Crippen molar-refractivity contribution in [2.24, 2.45) is 0 Å². The van der Waals surface area contributed by atoms with Gasteiger partial charge in [0.2, 0.25) is 0 Å². The summed E-state index contributed by atoms with van der Waals surface area (Å²) in [5.74, 6) is -1.02. The van der Waals surface area contributed by atoms with Crippen LogP contribution < -0.4 is 0 Å². The fourth-order valence-corrected chi connectivity index (χ4v) is 2.86. The number of hydrogen-bond acceptors (Lipinski definition) is 3. The summed E-state index contributed by atoms with van der Waals surface area (Å²) in [5.41, 5.74) is 0.979. The Kier molecular flexibility index (Phi) is 1.92. The Balaban J connectivity index is 2.38. The first-order valence-corrected chi connectivity index (χ1v) is 5.65. The zero-order valence-corrected chi connectivity index (χ0v) is 9.42. The summed E-state index contributed by atoms with van der Waals surface area (Å²) in [7, 11) is 0. The molecule has 1 N–H and O–H groups in total. The van der Waals surface area contributed by atoms with Gasteiger partial charge in [0, 0.05) is 11.2 Å². The van der Waals surface area contributed by atoms with Crippen molar-refractivity contribution in [3.63, 3.8) is 0 Å². The van der Waals surface area contributed by atoms with Crippen LogP contribution in [0.15, 0.2) is 24.4 Å². The van der Waals surface area contributed by atoms with E-state index in [-0.39, 0.29) is 5.69 Å². The van der Waals surface area contributed by atoms with Gasteiger partial charge in [0.05, 0.1) is 10.2 Å². The molecule has 0 radical (unpaired) electrons. The Morgan fingerprint density at radius 3 is 3.06 bits per heavy atom. The van der Waals surface area contributed by atoms with Crippen LogP contribution >= 0.6 is 22.9 Å². The van der Waals surface area contributed by atoms with Gasteiger partial charge >= 0.3 is 5.97 Å². The molecule has 0 aliphatic carbocycles. The lowest BCUT2D eigenvalue weighted by Crippen LogP contribution is -1.95. The summed E-state index contributed by atoms with van der Waals surface area (Å²) in [4.78, 5) is 15.4. The maximum atomic E-state index is 10.8. The molecule has 6 heteroatoms. The molecule has 1 aromatic carbocycles. The Hall–Kier alpha value is -1.59. The molecular formula is C10H5ClN2O2S. The van der Waals surface area contributed by atoms with Gasteiger partial charge < -0.3 is 5.11 Å². The van der Waals surface area contributed by atoms with Gasteiger partial charge in [-0.2, -0.15) is 0 Å². The van der Waals surface area contributed by atoms with E-state index in [0.717, 1.165) is 10.2 Å². The van der Waals surface area contributed by atoms with Crippen LogP contribution in [0, 0.1) is 0 Å². The van der Waals surface area contributed by atoms with Crippen LogP contribution in [0.2, 0.25) is 5.02 Å². The normalized spacial score (nSPS) is 11.3. The third-order valence-electron chi connectivity index (χ3n) is 2.28. The molecule has 0 saturated heterocycles. The highest BCUT2D eigenvalue weighted by Gasteiger charge is 2.12. The number of aromatic nitrogens is 2. The largest absolute Gasteiger partial charge is 0.476 e. The summed E-state index contributed by atoms with van der Waals surface area (Å²) in [5, 5.41) is 9.49. The predicted octanol–water partition coefficient (Wildman–Crippen LogP) is 2.90. The molecule has 0 saturated carbocycles. The van der Waals surface area contributed by atoms with Crippen molar-refractivity contribution >= 4 is 44.1 Å². The van der Waals surface area contributed by atoms with Crippen LogP contribution in [0.1, 0.15) is 10.5 Å². The second kappa shape index (κ2) is 3.20. The van der Waals surface area contributed by atoms with Crippen LogP contribution in [0.4, 0.5) is 0 Å². The van der Waals surface area contributed by atoms with E-state index < -0.39 is 5.97 Å². The molecule has 2 heterocycles. The molecule has 0 atom stereocenters. The number of carboxylic acid groups (broad SMARTS) is 1.